The van der Waals surface area contributed by atoms with Crippen molar-refractivity contribution in [3.8, 4) is 0 Å². The molecule has 0 aliphatic carbocycles. The molecule has 0 saturated carbocycles. The third-order valence-corrected chi connectivity index (χ3v) is 4.41. The number of aliphatic hydroxyl groups excluding tert-OH is 1. The molecule has 2 rings (SSSR count). The van der Waals surface area contributed by atoms with E-state index < -0.39 is 6.10 Å². The zero-order chi connectivity index (χ0) is 11.2. The van der Waals surface area contributed by atoms with Crippen molar-refractivity contribution in [1.29, 1.82) is 0 Å². The SMILES string of the molecule is COC(=O)C1C(O)CC2CCC1[N+]2(C)C.[I-]. The first-order valence-electron chi connectivity index (χ1n) is 5.57. The van der Waals surface area contributed by atoms with E-state index in [1.165, 1.54) is 7.11 Å². The zero-order valence-corrected chi connectivity index (χ0v) is 12.2. The van der Waals surface area contributed by atoms with Crippen LogP contribution in [0.2, 0.25) is 0 Å². The maximum Gasteiger partial charge on any atom is 0.317 e. The van der Waals surface area contributed by atoms with Crippen LogP contribution >= 0.6 is 0 Å². The average Bonchev–Trinajstić information content (AvgIpc) is 2.39. The van der Waals surface area contributed by atoms with E-state index in [1.54, 1.807) is 0 Å². The number of carbonyl (C=O) groups is 1. The molecule has 4 unspecified atom stereocenters. The first-order chi connectivity index (χ1) is 6.98. The Morgan fingerprint density at radius 3 is 2.56 bits per heavy atom. The molecule has 2 bridgehead atoms. The van der Waals surface area contributed by atoms with Gasteiger partial charge in [0, 0.05) is 19.3 Å². The van der Waals surface area contributed by atoms with Crippen LogP contribution in [0.5, 0.6) is 0 Å². The van der Waals surface area contributed by atoms with Crippen LogP contribution in [-0.4, -0.2) is 55.0 Å². The van der Waals surface area contributed by atoms with Gasteiger partial charge in [0.2, 0.25) is 0 Å². The van der Waals surface area contributed by atoms with Crippen LogP contribution in [-0.2, 0) is 9.53 Å². The van der Waals surface area contributed by atoms with Crippen LogP contribution < -0.4 is 24.0 Å². The molecule has 2 fully saturated rings. The van der Waals surface area contributed by atoms with Crippen LogP contribution in [0.3, 0.4) is 0 Å². The number of quaternary nitrogens is 1. The molecule has 0 aromatic carbocycles. The summed E-state index contributed by atoms with van der Waals surface area (Å²) in [5, 5.41) is 9.97. The Morgan fingerprint density at radius 1 is 1.38 bits per heavy atom. The van der Waals surface area contributed by atoms with E-state index in [-0.39, 0.29) is 41.9 Å². The lowest BCUT2D eigenvalue weighted by Gasteiger charge is -2.46. The molecule has 0 amide bonds. The number of carbonyl (C=O) groups excluding carboxylic acids is 1. The summed E-state index contributed by atoms with van der Waals surface area (Å²) in [6.07, 6.45) is 2.35. The highest BCUT2D eigenvalue weighted by atomic mass is 127. The van der Waals surface area contributed by atoms with Gasteiger partial charge in [-0.2, -0.15) is 0 Å². The van der Waals surface area contributed by atoms with Gasteiger partial charge in [0.1, 0.15) is 12.0 Å². The molecule has 0 aromatic heterocycles. The smallest absolute Gasteiger partial charge is 0.317 e. The number of esters is 1. The third-order valence-electron chi connectivity index (χ3n) is 4.41. The minimum absolute atomic E-state index is 0. The molecule has 0 spiro atoms. The van der Waals surface area contributed by atoms with Crippen LogP contribution in [0.25, 0.3) is 0 Å². The zero-order valence-electron chi connectivity index (χ0n) is 10.0. The topological polar surface area (TPSA) is 46.5 Å². The summed E-state index contributed by atoms with van der Waals surface area (Å²) in [5.74, 6) is -0.581. The first-order valence-corrected chi connectivity index (χ1v) is 5.57. The molecule has 1 N–H and O–H groups in total. The minimum Gasteiger partial charge on any atom is -1.00 e. The molecule has 2 saturated heterocycles. The second-order valence-electron chi connectivity index (χ2n) is 5.28. The van der Waals surface area contributed by atoms with Gasteiger partial charge < -0.3 is 38.3 Å². The van der Waals surface area contributed by atoms with Gasteiger partial charge in [-0.3, -0.25) is 4.79 Å². The summed E-state index contributed by atoms with van der Waals surface area (Å²) in [6.45, 7) is 0. The summed E-state index contributed by atoms with van der Waals surface area (Å²) in [7, 11) is 5.71. The molecular weight excluding hydrogens is 321 g/mol. The van der Waals surface area contributed by atoms with Crippen molar-refractivity contribution in [3.05, 3.63) is 0 Å². The van der Waals surface area contributed by atoms with Gasteiger partial charge >= 0.3 is 5.97 Å². The maximum atomic E-state index is 11.7. The molecule has 2 aliphatic rings. The van der Waals surface area contributed by atoms with Gasteiger partial charge in [-0.1, -0.05) is 0 Å². The van der Waals surface area contributed by atoms with Crippen molar-refractivity contribution in [2.45, 2.75) is 37.5 Å². The second kappa shape index (κ2) is 4.78. The fourth-order valence-corrected chi connectivity index (χ4v) is 3.41. The van der Waals surface area contributed by atoms with Crippen LogP contribution in [0.15, 0.2) is 0 Å². The van der Waals surface area contributed by atoms with Gasteiger partial charge in [0.25, 0.3) is 0 Å². The lowest BCUT2D eigenvalue weighted by molar-refractivity contribution is -0.934. The third kappa shape index (κ3) is 1.97. The lowest BCUT2D eigenvalue weighted by Crippen LogP contribution is -3.00. The Labute approximate surface area is 114 Å². The highest BCUT2D eigenvalue weighted by molar-refractivity contribution is 5.74. The molecule has 2 heterocycles. The van der Waals surface area contributed by atoms with Crippen molar-refractivity contribution in [1.82, 2.24) is 0 Å². The number of nitrogens with zero attached hydrogens (tertiary/aromatic N) is 1. The minimum atomic E-state index is -0.513. The number of hydrogen-bond donors (Lipinski definition) is 1. The second-order valence-corrected chi connectivity index (χ2v) is 5.28. The quantitative estimate of drug-likeness (QED) is 0.317. The fraction of sp³-hybridized carbons (Fsp3) is 0.909. The number of fused-ring (bicyclic) bond motifs is 2. The predicted octanol–water partition coefficient (Wildman–Crippen LogP) is -2.85. The van der Waals surface area contributed by atoms with E-state index in [9.17, 15) is 9.90 Å². The van der Waals surface area contributed by atoms with Crippen LogP contribution in [0.1, 0.15) is 19.3 Å². The van der Waals surface area contributed by atoms with Crippen molar-refractivity contribution in [3.63, 3.8) is 0 Å². The molecule has 0 radical (unpaired) electrons. The van der Waals surface area contributed by atoms with Crippen molar-refractivity contribution >= 4 is 5.97 Å². The number of rotatable bonds is 1. The molecule has 5 heteroatoms. The standard InChI is InChI=1S/C11H20NO3.HI/c1-12(2)7-4-5-8(12)10(9(13)6-7)11(14)15-3;/h7-10,13H,4-6H2,1-3H3;1H/q+1;/p-1. The Bertz CT molecular complexity index is 282. The Balaban J connectivity index is 0.00000128. The molecule has 2 aliphatic heterocycles. The Morgan fingerprint density at radius 2 is 2.00 bits per heavy atom. The molecule has 4 nitrogen and oxygen atoms in total. The summed E-state index contributed by atoms with van der Waals surface area (Å²) < 4.78 is 5.65. The normalized spacial score (nSPS) is 40.0. The van der Waals surface area contributed by atoms with Gasteiger partial charge in [-0.15, -0.1) is 0 Å². The van der Waals surface area contributed by atoms with Crippen LogP contribution in [0.4, 0.5) is 0 Å². The molecule has 16 heavy (non-hydrogen) atoms. The van der Waals surface area contributed by atoms with Gasteiger partial charge in [0.15, 0.2) is 0 Å². The fourth-order valence-electron chi connectivity index (χ4n) is 3.41. The highest BCUT2D eigenvalue weighted by Crippen LogP contribution is 2.43. The molecule has 94 valence electrons. The van der Waals surface area contributed by atoms with Crippen molar-refractivity contribution < 1.29 is 43.1 Å². The number of halogens is 1. The van der Waals surface area contributed by atoms with E-state index in [2.05, 4.69) is 14.1 Å². The molecule has 0 aromatic rings. The number of methoxy groups -OCH3 is 1. The maximum absolute atomic E-state index is 11.7. The van der Waals surface area contributed by atoms with Crippen molar-refractivity contribution in [2.75, 3.05) is 21.2 Å². The van der Waals surface area contributed by atoms with Gasteiger partial charge in [0.05, 0.1) is 33.4 Å². The Hall–Kier alpha value is 0.120. The highest BCUT2D eigenvalue weighted by Gasteiger charge is 2.57. The van der Waals surface area contributed by atoms with E-state index in [0.717, 1.165) is 23.7 Å². The summed E-state index contributed by atoms with van der Waals surface area (Å²) in [4.78, 5) is 11.7. The van der Waals surface area contributed by atoms with E-state index in [0.29, 0.717) is 6.04 Å². The molecular formula is C11H20INO3. The van der Waals surface area contributed by atoms with Gasteiger partial charge in [-0.25, -0.2) is 0 Å². The summed E-state index contributed by atoms with van der Waals surface area (Å²) in [6, 6.07) is 0.733. The van der Waals surface area contributed by atoms with Gasteiger partial charge in [-0.05, 0) is 0 Å². The molecule has 4 atom stereocenters. The van der Waals surface area contributed by atoms with Crippen molar-refractivity contribution in [2.24, 2.45) is 5.92 Å². The van der Waals surface area contributed by atoms with E-state index in [1.807, 2.05) is 0 Å². The lowest BCUT2D eigenvalue weighted by atomic mass is 9.86. The Kier molecular flexibility index (Phi) is 4.23. The summed E-state index contributed by atoms with van der Waals surface area (Å²) >= 11 is 0. The van der Waals surface area contributed by atoms with Crippen LogP contribution in [0, 0.1) is 5.92 Å². The van der Waals surface area contributed by atoms with E-state index >= 15 is 0 Å². The monoisotopic (exact) mass is 341 g/mol. The van der Waals surface area contributed by atoms with E-state index in [4.69, 9.17) is 4.74 Å². The first kappa shape index (κ1) is 14.2. The number of aliphatic hydroxyl groups is 1. The largest absolute Gasteiger partial charge is 1.00 e. The number of ether oxygens (including phenoxy) is 1. The average molecular weight is 341 g/mol. The predicted molar refractivity (Wildman–Crippen MR) is 55.0 cm³/mol. The number of piperidine rings is 1. The number of hydrogen-bond acceptors (Lipinski definition) is 3. The summed E-state index contributed by atoms with van der Waals surface area (Å²) in [5.41, 5.74) is 0.